The minimum Gasteiger partial charge on any atom is -0.450 e. The number of hydrogen-bond acceptors (Lipinski definition) is 3. The standard InChI is InChI=1S/C29H26FNO3/c1-16(2)20-7-9-21(10-8-20)26-25-27(32)23-13-17(3)18(4)14-24(23)34-28(25)29(33)31(26)15-19-5-11-22(30)12-6-19/h5-14,16,26H,15H2,1-4H3. The molecule has 0 aliphatic carbocycles. The SMILES string of the molecule is Cc1cc2oc3c(c(=O)c2cc1C)C(c1ccc(C(C)C)cc1)N(Cc1ccc(F)cc1)C3=O. The topological polar surface area (TPSA) is 50.5 Å². The zero-order valence-electron chi connectivity index (χ0n) is 19.7. The highest BCUT2D eigenvalue weighted by atomic mass is 19.1. The van der Waals surface area contributed by atoms with Crippen molar-refractivity contribution < 1.29 is 13.6 Å². The van der Waals surface area contributed by atoms with E-state index >= 15 is 0 Å². The number of aryl methyl sites for hydroxylation is 2. The summed E-state index contributed by atoms with van der Waals surface area (Å²) >= 11 is 0. The van der Waals surface area contributed by atoms with Crippen LogP contribution in [-0.2, 0) is 6.54 Å². The van der Waals surface area contributed by atoms with Crippen molar-refractivity contribution in [2.24, 2.45) is 0 Å². The van der Waals surface area contributed by atoms with Gasteiger partial charge in [-0.3, -0.25) is 9.59 Å². The Labute approximate surface area is 197 Å². The summed E-state index contributed by atoms with van der Waals surface area (Å²) < 4.78 is 19.6. The van der Waals surface area contributed by atoms with Crippen molar-refractivity contribution in [3.63, 3.8) is 0 Å². The van der Waals surface area contributed by atoms with Crippen LogP contribution in [0.5, 0.6) is 0 Å². The first-order valence-corrected chi connectivity index (χ1v) is 11.5. The summed E-state index contributed by atoms with van der Waals surface area (Å²) in [5.41, 5.74) is 5.36. The van der Waals surface area contributed by atoms with Crippen LogP contribution in [0.1, 0.15) is 69.7 Å². The van der Waals surface area contributed by atoms with Gasteiger partial charge in [0.25, 0.3) is 5.91 Å². The molecule has 5 heteroatoms. The molecule has 0 bridgehead atoms. The molecule has 0 saturated carbocycles. The number of nitrogens with zero attached hydrogens (tertiary/aromatic N) is 1. The molecule has 1 amide bonds. The van der Waals surface area contributed by atoms with Gasteiger partial charge in [0.1, 0.15) is 11.4 Å². The van der Waals surface area contributed by atoms with E-state index in [1.807, 2.05) is 50.2 Å². The fourth-order valence-corrected chi connectivity index (χ4v) is 4.63. The highest BCUT2D eigenvalue weighted by Gasteiger charge is 2.42. The van der Waals surface area contributed by atoms with Crippen LogP contribution in [0, 0.1) is 19.7 Å². The molecule has 4 nitrogen and oxygen atoms in total. The van der Waals surface area contributed by atoms with Crippen molar-refractivity contribution >= 4 is 16.9 Å². The molecule has 1 unspecified atom stereocenters. The van der Waals surface area contributed by atoms with Crippen LogP contribution in [0.15, 0.2) is 69.9 Å². The van der Waals surface area contributed by atoms with Gasteiger partial charge in [0.05, 0.1) is 17.0 Å². The van der Waals surface area contributed by atoms with Crippen molar-refractivity contribution in [3.8, 4) is 0 Å². The van der Waals surface area contributed by atoms with E-state index in [1.165, 1.54) is 17.7 Å². The van der Waals surface area contributed by atoms with Crippen LogP contribution in [0.25, 0.3) is 11.0 Å². The second-order valence-corrected chi connectivity index (χ2v) is 9.39. The Balaban J connectivity index is 1.71. The minimum atomic E-state index is -0.587. The fourth-order valence-electron chi connectivity index (χ4n) is 4.63. The zero-order chi connectivity index (χ0) is 24.1. The van der Waals surface area contributed by atoms with Crippen molar-refractivity contribution in [2.75, 3.05) is 0 Å². The molecule has 0 radical (unpaired) electrons. The molecule has 1 aromatic heterocycles. The molecule has 3 aromatic carbocycles. The Morgan fingerprint density at radius 2 is 1.59 bits per heavy atom. The summed E-state index contributed by atoms with van der Waals surface area (Å²) in [5, 5.41) is 0.474. The number of hydrogen-bond donors (Lipinski definition) is 0. The normalized spacial score (nSPS) is 15.4. The summed E-state index contributed by atoms with van der Waals surface area (Å²) in [6, 6.07) is 17.1. The summed E-state index contributed by atoms with van der Waals surface area (Å²) in [7, 11) is 0. The largest absolute Gasteiger partial charge is 0.450 e. The van der Waals surface area contributed by atoms with E-state index in [0.717, 1.165) is 22.3 Å². The molecule has 2 heterocycles. The lowest BCUT2D eigenvalue weighted by molar-refractivity contribution is 0.0714. The quantitative estimate of drug-likeness (QED) is 0.357. The first-order valence-electron chi connectivity index (χ1n) is 11.5. The number of benzene rings is 3. The Morgan fingerprint density at radius 1 is 0.941 bits per heavy atom. The predicted molar refractivity (Wildman–Crippen MR) is 131 cm³/mol. The lowest BCUT2D eigenvalue weighted by Crippen LogP contribution is -2.29. The van der Waals surface area contributed by atoms with Crippen molar-refractivity contribution in [3.05, 3.63) is 116 Å². The van der Waals surface area contributed by atoms with Crippen molar-refractivity contribution in [2.45, 2.75) is 46.2 Å². The van der Waals surface area contributed by atoms with Crippen LogP contribution in [-0.4, -0.2) is 10.8 Å². The number of carbonyl (C=O) groups is 1. The zero-order valence-corrected chi connectivity index (χ0v) is 19.7. The maximum absolute atomic E-state index is 13.7. The van der Waals surface area contributed by atoms with E-state index in [4.69, 9.17) is 4.42 Å². The molecule has 1 atom stereocenters. The Hall–Kier alpha value is -3.73. The average Bonchev–Trinajstić information content (AvgIpc) is 3.08. The maximum Gasteiger partial charge on any atom is 0.291 e. The molecule has 4 aromatic rings. The van der Waals surface area contributed by atoms with E-state index in [9.17, 15) is 14.0 Å². The fraction of sp³-hybridized carbons (Fsp3) is 0.241. The summed E-state index contributed by atoms with van der Waals surface area (Å²) in [6.07, 6.45) is 0. The van der Waals surface area contributed by atoms with Crippen LogP contribution >= 0.6 is 0 Å². The molecule has 1 aliphatic heterocycles. The highest BCUT2D eigenvalue weighted by Crippen LogP contribution is 2.39. The summed E-state index contributed by atoms with van der Waals surface area (Å²) in [5.74, 6) is -0.230. The van der Waals surface area contributed by atoms with E-state index in [2.05, 4.69) is 13.8 Å². The van der Waals surface area contributed by atoms with E-state index in [0.29, 0.717) is 22.5 Å². The Morgan fingerprint density at radius 3 is 2.24 bits per heavy atom. The third-order valence-corrected chi connectivity index (χ3v) is 6.77. The second-order valence-electron chi connectivity index (χ2n) is 9.39. The van der Waals surface area contributed by atoms with Crippen LogP contribution < -0.4 is 5.43 Å². The molecule has 0 N–H and O–H groups in total. The second kappa shape index (κ2) is 8.24. The van der Waals surface area contributed by atoms with Gasteiger partial charge in [0, 0.05) is 6.54 Å². The molecule has 172 valence electrons. The third kappa shape index (κ3) is 3.61. The monoisotopic (exact) mass is 455 g/mol. The van der Waals surface area contributed by atoms with Gasteiger partial charge in [0.15, 0.2) is 5.43 Å². The van der Waals surface area contributed by atoms with Crippen molar-refractivity contribution in [1.29, 1.82) is 0 Å². The van der Waals surface area contributed by atoms with Crippen LogP contribution in [0.3, 0.4) is 0 Å². The Kier molecular flexibility index (Phi) is 5.35. The van der Waals surface area contributed by atoms with E-state index < -0.39 is 6.04 Å². The van der Waals surface area contributed by atoms with Gasteiger partial charge in [0.2, 0.25) is 5.76 Å². The molecule has 0 fully saturated rings. The van der Waals surface area contributed by atoms with Gasteiger partial charge in [-0.15, -0.1) is 0 Å². The molecule has 34 heavy (non-hydrogen) atoms. The smallest absolute Gasteiger partial charge is 0.291 e. The molecule has 0 spiro atoms. The lowest BCUT2D eigenvalue weighted by atomic mass is 9.94. The number of fused-ring (bicyclic) bond motifs is 2. The molecule has 1 aliphatic rings. The van der Waals surface area contributed by atoms with Crippen LogP contribution in [0.2, 0.25) is 0 Å². The van der Waals surface area contributed by atoms with Gasteiger partial charge >= 0.3 is 0 Å². The van der Waals surface area contributed by atoms with Crippen molar-refractivity contribution in [1.82, 2.24) is 4.90 Å². The molecule has 5 rings (SSSR count). The van der Waals surface area contributed by atoms with Gasteiger partial charge in [-0.25, -0.2) is 4.39 Å². The number of amides is 1. The van der Waals surface area contributed by atoms with Gasteiger partial charge in [-0.1, -0.05) is 50.2 Å². The third-order valence-electron chi connectivity index (χ3n) is 6.77. The number of carbonyl (C=O) groups excluding carboxylic acids is 1. The molecule has 0 saturated heterocycles. The lowest BCUT2D eigenvalue weighted by Gasteiger charge is -2.25. The first-order chi connectivity index (χ1) is 16.2. The van der Waals surface area contributed by atoms with Crippen LogP contribution in [0.4, 0.5) is 4.39 Å². The van der Waals surface area contributed by atoms with E-state index in [1.54, 1.807) is 17.0 Å². The summed E-state index contributed by atoms with van der Waals surface area (Å²) in [6.45, 7) is 8.37. The maximum atomic E-state index is 13.7. The Bertz CT molecular complexity index is 1470. The molecular formula is C29H26FNO3. The number of rotatable bonds is 4. The number of halogens is 1. The van der Waals surface area contributed by atoms with Gasteiger partial charge in [-0.05, 0) is 71.8 Å². The van der Waals surface area contributed by atoms with Gasteiger partial charge in [-0.2, -0.15) is 0 Å². The van der Waals surface area contributed by atoms with Gasteiger partial charge < -0.3 is 9.32 Å². The summed E-state index contributed by atoms with van der Waals surface area (Å²) in [4.78, 5) is 29.0. The van der Waals surface area contributed by atoms with E-state index in [-0.39, 0.29) is 29.5 Å². The average molecular weight is 456 g/mol. The first kappa shape index (κ1) is 22.1. The predicted octanol–water partition coefficient (Wildman–Crippen LogP) is 6.42. The minimum absolute atomic E-state index is 0.0841. The highest BCUT2D eigenvalue weighted by molar-refractivity contribution is 5.99. The molecular weight excluding hydrogens is 429 g/mol.